The zero-order valence-electron chi connectivity index (χ0n) is 15.1. The van der Waals surface area contributed by atoms with E-state index in [2.05, 4.69) is 10.3 Å². The van der Waals surface area contributed by atoms with Crippen LogP contribution >= 0.6 is 0 Å². The number of nitrogens with zero attached hydrogens (tertiary/aromatic N) is 1. The molecular weight excluding hydrogens is 350 g/mol. The Morgan fingerprint density at radius 2 is 1.57 bits per heavy atom. The molecule has 0 saturated carbocycles. The van der Waals surface area contributed by atoms with Gasteiger partial charge in [0.2, 0.25) is 5.91 Å². The molecule has 0 spiro atoms. The standard InChI is InChI=1S/C23H19N3O2/c24-22(27)21(14-17-9-5-8-15-6-1-3-10-18(15)17)26-23(28)20-13-12-16-7-2-4-11-19(16)25-20/h1-13,21H,14H2,(H2,24,27)(H,26,28)/t21-/m0/s1. The van der Waals surface area contributed by atoms with Crippen LogP contribution in [0, 0.1) is 0 Å². The van der Waals surface area contributed by atoms with E-state index in [9.17, 15) is 9.59 Å². The highest BCUT2D eigenvalue weighted by molar-refractivity contribution is 5.98. The summed E-state index contributed by atoms with van der Waals surface area (Å²) in [6.45, 7) is 0. The number of nitrogens with one attached hydrogen (secondary N) is 1. The fourth-order valence-electron chi connectivity index (χ4n) is 3.34. The Labute approximate surface area is 162 Å². The van der Waals surface area contributed by atoms with E-state index in [1.54, 1.807) is 6.07 Å². The monoisotopic (exact) mass is 369 g/mol. The molecule has 0 unspecified atom stereocenters. The van der Waals surface area contributed by atoms with E-state index >= 15 is 0 Å². The second-order valence-electron chi connectivity index (χ2n) is 6.66. The van der Waals surface area contributed by atoms with Crippen molar-refractivity contribution >= 4 is 33.5 Å². The molecule has 5 heteroatoms. The van der Waals surface area contributed by atoms with E-state index in [0.717, 1.165) is 27.2 Å². The summed E-state index contributed by atoms with van der Waals surface area (Å²) in [4.78, 5) is 29.1. The number of hydrogen-bond acceptors (Lipinski definition) is 3. The first kappa shape index (κ1) is 17.7. The highest BCUT2D eigenvalue weighted by Crippen LogP contribution is 2.20. The number of fused-ring (bicyclic) bond motifs is 2. The molecule has 1 aromatic heterocycles. The molecule has 1 heterocycles. The van der Waals surface area contributed by atoms with E-state index in [4.69, 9.17) is 5.73 Å². The van der Waals surface area contributed by atoms with Crippen molar-refractivity contribution in [2.75, 3.05) is 0 Å². The minimum atomic E-state index is -0.827. The van der Waals surface area contributed by atoms with Gasteiger partial charge in [-0.15, -0.1) is 0 Å². The number of nitrogens with two attached hydrogens (primary N) is 1. The average molecular weight is 369 g/mol. The number of pyridine rings is 1. The van der Waals surface area contributed by atoms with E-state index in [1.165, 1.54) is 0 Å². The normalized spacial score (nSPS) is 12.0. The molecule has 0 aliphatic rings. The lowest BCUT2D eigenvalue weighted by Gasteiger charge is -2.17. The third kappa shape index (κ3) is 3.55. The summed E-state index contributed by atoms with van der Waals surface area (Å²) in [5.41, 5.74) is 7.50. The molecule has 3 N–H and O–H groups in total. The second-order valence-corrected chi connectivity index (χ2v) is 6.66. The number of hydrogen-bond donors (Lipinski definition) is 2. The maximum atomic E-state index is 12.7. The number of carbonyl (C=O) groups is 2. The second kappa shape index (κ2) is 7.48. The first-order valence-electron chi connectivity index (χ1n) is 9.04. The summed E-state index contributed by atoms with van der Waals surface area (Å²) >= 11 is 0. The number of primary amides is 1. The van der Waals surface area contributed by atoms with Crippen molar-refractivity contribution in [1.29, 1.82) is 0 Å². The van der Waals surface area contributed by atoms with Crippen molar-refractivity contribution in [2.45, 2.75) is 12.5 Å². The van der Waals surface area contributed by atoms with E-state index < -0.39 is 17.9 Å². The highest BCUT2D eigenvalue weighted by Gasteiger charge is 2.21. The van der Waals surface area contributed by atoms with Gasteiger partial charge in [0.15, 0.2) is 0 Å². The Hall–Kier alpha value is -3.73. The molecule has 4 rings (SSSR count). The average Bonchev–Trinajstić information content (AvgIpc) is 2.73. The molecule has 0 radical (unpaired) electrons. The van der Waals surface area contributed by atoms with Crippen LogP contribution < -0.4 is 11.1 Å². The quantitative estimate of drug-likeness (QED) is 0.566. The zero-order valence-corrected chi connectivity index (χ0v) is 15.1. The topological polar surface area (TPSA) is 85.1 Å². The minimum absolute atomic E-state index is 0.253. The Kier molecular flexibility index (Phi) is 4.72. The maximum Gasteiger partial charge on any atom is 0.270 e. The molecule has 0 aliphatic carbocycles. The SMILES string of the molecule is NC(=O)[C@H](Cc1cccc2ccccc12)NC(=O)c1ccc2ccccc2n1. The smallest absolute Gasteiger partial charge is 0.270 e. The maximum absolute atomic E-state index is 12.7. The summed E-state index contributed by atoms with van der Waals surface area (Å²) in [6, 6.07) is 24.0. The fraction of sp³-hybridized carbons (Fsp3) is 0.0870. The zero-order chi connectivity index (χ0) is 19.5. The summed E-state index contributed by atoms with van der Waals surface area (Å²) in [5, 5.41) is 5.79. The molecule has 28 heavy (non-hydrogen) atoms. The molecule has 1 atom stereocenters. The predicted octanol–water partition coefficient (Wildman–Crippen LogP) is 3.21. The summed E-state index contributed by atoms with van der Waals surface area (Å²) in [7, 11) is 0. The van der Waals surface area contributed by atoms with Crippen LogP contribution in [0.5, 0.6) is 0 Å². The number of amides is 2. The van der Waals surface area contributed by atoms with E-state index in [1.807, 2.05) is 72.8 Å². The van der Waals surface area contributed by atoms with Crippen molar-refractivity contribution in [2.24, 2.45) is 5.73 Å². The van der Waals surface area contributed by atoms with Gasteiger partial charge in [0, 0.05) is 11.8 Å². The van der Waals surface area contributed by atoms with Gasteiger partial charge in [-0.25, -0.2) is 4.98 Å². The van der Waals surface area contributed by atoms with Crippen molar-refractivity contribution in [3.05, 3.63) is 90.1 Å². The molecule has 5 nitrogen and oxygen atoms in total. The van der Waals surface area contributed by atoms with Crippen molar-refractivity contribution in [3.8, 4) is 0 Å². The van der Waals surface area contributed by atoms with Gasteiger partial charge in [-0.3, -0.25) is 9.59 Å². The van der Waals surface area contributed by atoms with Gasteiger partial charge in [0.1, 0.15) is 11.7 Å². The van der Waals surface area contributed by atoms with Gasteiger partial charge in [-0.2, -0.15) is 0 Å². The molecule has 4 aromatic rings. The van der Waals surface area contributed by atoms with Gasteiger partial charge in [-0.1, -0.05) is 66.7 Å². The predicted molar refractivity (Wildman–Crippen MR) is 110 cm³/mol. The van der Waals surface area contributed by atoms with Crippen LogP contribution in [0.25, 0.3) is 21.7 Å². The molecular formula is C23H19N3O2. The Bertz CT molecular complexity index is 1180. The summed E-state index contributed by atoms with van der Waals surface area (Å²) < 4.78 is 0. The molecule has 3 aromatic carbocycles. The van der Waals surface area contributed by atoms with Crippen LogP contribution in [-0.2, 0) is 11.2 Å². The largest absolute Gasteiger partial charge is 0.368 e. The van der Waals surface area contributed by atoms with E-state index in [-0.39, 0.29) is 5.69 Å². The van der Waals surface area contributed by atoms with Crippen molar-refractivity contribution < 1.29 is 9.59 Å². The van der Waals surface area contributed by atoms with Crippen LogP contribution in [0.1, 0.15) is 16.1 Å². The molecule has 138 valence electrons. The van der Waals surface area contributed by atoms with Gasteiger partial charge in [-0.05, 0) is 28.5 Å². The number of para-hydroxylation sites is 1. The van der Waals surface area contributed by atoms with Gasteiger partial charge in [0.05, 0.1) is 5.52 Å². The lowest BCUT2D eigenvalue weighted by Crippen LogP contribution is -2.46. The molecule has 0 fully saturated rings. The lowest BCUT2D eigenvalue weighted by atomic mass is 9.98. The number of aromatic nitrogens is 1. The highest BCUT2D eigenvalue weighted by atomic mass is 16.2. The van der Waals surface area contributed by atoms with Gasteiger partial charge in [0.25, 0.3) is 5.91 Å². The first-order valence-corrected chi connectivity index (χ1v) is 9.04. The third-order valence-corrected chi connectivity index (χ3v) is 4.78. The lowest BCUT2D eigenvalue weighted by molar-refractivity contribution is -0.119. The van der Waals surface area contributed by atoms with Gasteiger partial charge < -0.3 is 11.1 Å². The van der Waals surface area contributed by atoms with Crippen LogP contribution in [-0.4, -0.2) is 22.8 Å². The summed E-state index contributed by atoms with van der Waals surface area (Å²) in [5.74, 6) is -1.00. The molecule has 2 amide bonds. The number of rotatable bonds is 5. The Morgan fingerprint density at radius 3 is 2.39 bits per heavy atom. The molecule has 0 bridgehead atoms. The number of benzene rings is 3. The van der Waals surface area contributed by atoms with Crippen molar-refractivity contribution in [3.63, 3.8) is 0 Å². The molecule has 0 aliphatic heterocycles. The number of carbonyl (C=O) groups excluding carboxylic acids is 2. The fourth-order valence-corrected chi connectivity index (χ4v) is 3.34. The van der Waals surface area contributed by atoms with Crippen LogP contribution in [0.2, 0.25) is 0 Å². The van der Waals surface area contributed by atoms with Gasteiger partial charge >= 0.3 is 0 Å². The van der Waals surface area contributed by atoms with E-state index in [0.29, 0.717) is 6.42 Å². The Morgan fingerprint density at radius 1 is 0.857 bits per heavy atom. The minimum Gasteiger partial charge on any atom is -0.368 e. The summed E-state index contributed by atoms with van der Waals surface area (Å²) in [6.07, 6.45) is 0.315. The Balaban J connectivity index is 1.59. The van der Waals surface area contributed by atoms with Crippen molar-refractivity contribution in [1.82, 2.24) is 10.3 Å². The van der Waals surface area contributed by atoms with Crippen LogP contribution in [0.15, 0.2) is 78.9 Å². The van der Waals surface area contributed by atoms with Crippen LogP contribution in [0.3, 0.4) is 0 Å². The first-order chi connectivity index (χ1) is 13.6. The third-order valence-electron chi connectivity index (χ3n) is 4.78. The molecule has 0 saturated heterocycles. The van der Waals surface area contributed by atoms with Crippen LogP contribution in [0.4, 0.5) is 0 Å².